The molecule has 2 N–H and O–H groups in total. The molecule has 0 radical (unpaired) electrons. The summed E-state index contributed by atoms with van der Waals surface area (Å²) in [7, 11) is 0. The van der Waals surface area contributed by atoms with Crippen LogP contribution in [-0.2, 0) is 16.1 Å². The van der Waals surface area contributed by atoms with Gasteiger partial charge in [0.1, 0.15) is 6.54 Å². The number of hydrogen-bond acceptors (Lipinski definition) is 5. The summed E-state index contributed by atoms with van der Waals surface area (Å²) in [5.74, 6) is -0.861. The molecule has 2 rings (SSSR count). The lowest BCUT2D eigenvalue weighted by molar-refractivity contribution is -0.116. The highest BCUT2D eigenvalue weighted by Crippen LogP contribution is 2.10. The van der Waals surface area contributed by atoms with E-state index >= 15 is 0 Å². The van der Waals surface area contributed by atoms with Crippen molar-refractivity contribution in [2.24, 2.45) is 0 Å². The zero-order chi connectivity index (χ0) is 17.5. The maximum atomic E-state index is 11.9. The molecule has 0 saturated heterocycles. The molecule has 2 aromatic rings. The van der Waals surface area contributed by atoms with Crippen LogP contribution in [0.3, 0.4) is 0 Å². The Kier molecular flexibility index (Phi) is 5.67. The number of rotatable bonds is 6. The minimum Gasteiger partial charge on any atom is -0.462 e. The number of ether oxygens (including phenoxy) is 1. The quantitative estimate of drug-likeness (QED) is 0.759. The van der Waals surface area contributed by atoms with E-state index in [0.29, 0.717) is 17.9 Å². The summed E-state index contributed by atoms with van der Waals surface area (Å²) in [6, 6.07) is 7.37. The maximum absolute atomic E-state index is 11.9. The number of aromatic amines is 1. The van der Waals surface area contributed by atoms with Gasteiger partial charge in [0.2, 0.25) is 5.91 Å². The monoisotopic (exact) mass is 331 g/mol. The number of esters is 1. The molecule has 0 aliphatic carbocycles. The Morgan fingerprint density at radius 1 is 1.17 bits per heavy atom. The zero-order valence-electron chi connectivity index (χ0n) is 13.1. The van der Waals surface area contributed by atoms with Crippen LogP contribution in [0, 0.1) is 0 Å². The third-order valence-electron chi connectivity index (χ3n) is 3.05. The second-order valence-corrected chi connectivity index (χ2v) is 5.00. The van der Waals surface area contributed by atoms with Gasteiger partial charge in [-0.25, -0.2) is 9.59 Å². The number of amides is 1. The summed E-state index contributed by atoms with van der Waals surface area (Å²) in [5.41, 5.74) is -0.323. The van der Waals surface area contributed by atoms with Gasteiger partial charge in [-0.2, -0.15) is 0 Å². The average molecular weight is 331 g/mol. The van der Waals surface area contributed by atoms with Crippen molar-refractivity contribution in [1.82, 2.24) is 9.55 Å². The highest BCUT2D eigenvalue weighted by molar-refractivity contribution is 5.92. The lowest BCUT2D eigenvalue weighted by atomic mass is 10.2. The molecule has 8 nitrogen and oxygen atoms in total. The molecule has 126 valence electrons. The fourth-order valence-electron chi connectivity index (χ4n) is 1.89. The Hall–Kier alpha value is -3.16. The van der Waals surface area contributed by atoms with Crippen molar-refractivity contribution in [1.29, 1.82) is 0 Å². The molecule has 8 heteroatoms. The molecule has 0 bridgehead atoms. The molecule has 1 aromatic carbocycles. The van der Waals surface area contributed by atoms with E-state index in [-0.39, 0.29) is 6.54 Å². The standard InChI is InChI=1S/C16H17N3O5/c1-2-9-24-15(22)11-3-5-12(6-4-11)17-14(21)10-19-8-7-13(20)18-16(19)23/h3-8H,2,9-10H2,1H3,(H,17,21)(H,18,20,23). The Morgan fingerprint density at radius 2 is 1.88 bits per heavy atom. The molecule has 0 spiro atoms. The Bertz CT molecular complexity index is 836. The summed E-state index contributed by atoms with van der Waals surface area (Å²) < 4.78 is 6.08. The van der Waals surface area contributed by atoms with Crippen molar-refractivity contribution >= 4 is 17.6 Å². The zero-order valence-corrected chi connectivity index (χ0v) is 13.1. The minimum absolute atomic E-state index is 0.240. The number of carbonyl (C=O) groups is 2. The molecular formula is C16H17N3O5. The van der Waals surface area contributed by atoms with E-state index in [4.69, 9.17) is 4.74 Å². The van der Waals surface area contributed by atoms with Crippen molar-refractivity contribution < 1.29 is 14.3 Å². The molecule has 0 aliphatic heterocycles. The molecule has 1 heterocycles. The Labute approximate surface area is 137 Å². The molecule has 0 aliphatic rings. The predicted molar refractivity (Wildman–Crippen MR) is 87.0 cm³/mol. The second-order valence-electron chi connectivity index (χ2n) is 5.00. The largest absolute Gasteiger partial charge is 0.462 e. The highest BCUT2D eigenvalue weighted by Gasteiger charge is 2.08. The normalized spacial score (nSPS) is 10.2. The lowest BCUT2D eigenvalue weighted by Crippen LogP contribution is -2.32. The van der Waals surface area contributed by atoms with E-state index < -0.39 is 23.1 Å². The van der Waals surface area contributed by atoms with E-state index in [1.807, 2.05) is 6.92 Å². The number of anilines is 1. The fourth-order valence-corrected chi connectivity index (χ4v) is 1.89. The number of carbonyl (C=O) groups excluding carboxylic acids is 2. The molecule has 1 aromatic heterocycles. The number of nitrogens with one attached hydrogen (secondary N) is 2. The molecule has 0 saturated carbocycles. The van der Waals surface area contributed by atoms with E-state index in [2.05, 4.69) is 10.3 Å². The first-order valence-corrected chi connectivity index (χ1v) is 7.36. The van der Waals surface area contributed by atoms with Crippen LogP contribution in [0.5, 0.6) is 0 Å². The van der Waals surface area contributed by atoms with Crippen LogP contribution in [0.15, 0.2) is 46.1 Å². The van der Waals surface area contributed by atoms with Crippen LogP contribution in [0.1, 0.15) is 23.7 Å². The SMILES string of the molecule is CCCOC(=O)c1ccc(NC(=O)Cn2ccc(=O)[nH]c2=O)cc1. The van der Waals surface area contributed by atoms with Crippen molar-refractivity contribution in [3.63, 3.8) is 0 Å². The maximum Gasteiger partial charge on any atom is 0.338 e. The number of aromatic nitrogens is 2. The van der Waals surface area contributed by atoms with Gasteiger partial charge in [0.15, 0.2) is 0 Å². The summed E-state index contributed by atoms with van der Waals surface area (Å²) in [6.45, 7) is 2.01. The summed E-state index contributed by atoms with van der Waals surface area (Å²) in [5, 5.41) is 2.60. The summed E-state index contributed by atoms with van der Waals surface area (Å²) in [6.07, 6.45) is 1.98. The van der Waals surface area contributed by atoms with Crippen LogP contribution in [0.25, 0.3) is 0 Å². The van der Waals surface area contributed by atoms with E-state index in [1.54, 1.807) is 24.3 Å². The Morgan fingerprint density at radius 3 is 2.50 bits per heavy atom. The van der Waals surface area contributed by atoms with Crippen molar-refractivity contribution in [2.45, 2.75) is 19.9 Å². The number of nitrogens with zero attached hydrogens (tertiary/aromatic N) is 1. The van der Waals surface area contributed by atoms with Crippen LogP contribution in [0.2, 0.25) is 0 Å². The van der Waals surface area contributed by atoms with E-state index in [1.165, 1.54) is 6.20 Å². The van der Waals surface area contributed by atoms with E-state index in [9.17, 15) is 19.2 Å². The van der Waals surface area contributed by atoms with Crippen LogP contribution in [0.4, 0.5) is 5.69 Å². The third kappa shape index (κ3) is 4.67. The molecule has 1 amide bonds. The highest BCUT2D eigenvalue weighted by atomic mass is 16.5. The van der Waals surface area contributed by atoms with Gasteiger partial charge in [0.25, 0.3) is 5.56 Å². The number of hydrogen-bond donors (Lipinski definition) is 2. The first kappa shape index (κ1) is 17.2. The number of benzene rings is 1. The summed E-state index contributed by atoms with van der Waals surface area (Å²) in [4.78, 5) is 48.1. The first-order chi connectivity index (χ1) is 11.5. The smallest absolute Gasteiger partial charge is 0.338 e. The lowest BCUT2D eigenvalue weighted by Gasteiger charge is -2.08. The number of H-pyrrole nitrogens is 1. The van der Waals surface area contributed by atoms with Crippen molar-refractivity contribution in [2.75, 3.05) is 11.9 Å². The summed E-state index contributed by atoms with van der Waals surface area (Å²) >= 11 is 0. The average Bonchev–Trinajstić information content (AvgIpc) is 2.56. The second kappa shape index (κ2) is 7.91. The van der Waals surface area contributed by atoms with Gasteiger partial charge in [-0.15, -0.1) is 0 Å². The van der Waals surface area contributed by atoms with Gasteiger partial charge in [-0.1, -0.05) is 6.92 Å². The van der Waals surface area contributed by atoms with Gasteiger partial charge in [-0.3, -0.25) is 19.1 Å². The molecule has 0 atom stereocenters. The first-order valence-electron chi connectivity index (χ1n) is 7.36. The van der Waals surface area contributed by atoms with Gasteiger partial charge in [-0.05, 0) is 30.7 Å². The van der Waals surface area contributed by atoms with Crippen molar-refractivity contribution in [3.05, 3.63) is 62.9 Å². The van der Waals surface area contributed by atoms with Gasteiger partial charge >= 0.3 is 11.7 Å². The fraction of sp³-hybridized carbons (Fsp3) is 0.250. The molecule has 0 fully saturated rings. The van der Waals surface area contributed by atoms with Gasteiger partial charge in [0.05, 0.1) is 12.2 Å². The molecular weight excluding hydrogens is 314 g/mol. The minimum atomic E-state index is -0.660. The topological polar surface area (TPSA) is 110 Å². The van der Waals surface area contributed by atoms with Crippen LogP contribution < -0.4 is 16.6 Å². The van der Waals surface area contributed by atoms with Crippen molar-refractivity contribution in [3.8, 4) is 0 Å². The van der Waals surface area contributed by atoms with Crippen LogP contribution in [-0.4, -0.2) is 28.0 Å². The van der Waals surface area contributed by atoms with Gasteiger partial charge in [0, 0.05) is 18.0 Å². The molecule has 24 heavy (non-hydrogen) atoms. The molecule has 0 unspecified atom stereocenters. The van der Waals surface area contributed by atoms with Gasteiger partial charge < -0.3 is 10.1 Å². The Balaban J connectivity index is 1.98. The van der Waals surface area contributed by atoms with E-state index in [0.717, 1.165) is 17.1 Å². The van der Waals surface area contributed by atoms with Crippen LogP contribution >= 0.6 is 0 Å². The predicted octanol–water partition coefficient (Wildman–Crippen LogP) is 0.742. The third-order valence-corrected chi connectivity index (χ3v) is 3.05.